The highest BCUT2D eigenvalue weighted by Crippen LogP contribution is 2.35. The van der Waals surface area contributed by atoms with Crippen molar-refractivity contribution in [2.24, 2.45) is 7.05 Å². The normalized spacial score (nSPS) is 17.5. The van der Waals surface area contributed by atoms with Crippen molar-refractivity contribution in [1.29, 1.82) is 0 Å². The summed E-state index contributed by atoms with van der Waals surface area (Å²) in [4.78, 5) is 15.4. The lowest BCUT2D eigenvalue weighted by Gasteiger charge is -2.21. The van der Waals surface area contributed by atoms with Crippen molar-refractivity contribution in [3.63, 3.8) is 0 Å². The number of para-hydroxylation sites is 1. The molecule has 3 heterocycles. The van der Waals surface area contributed by atoms with E-state index >= 15 is 0 Å². The fourth-order valence-electron chi connectivity index (χ4n) is 4.86. The summed E-state index contributed by atoms with van der Waals surface area (Å²) in [6, 6.07) is 11.8. The number of benzene rings is 2. The number of nitrogens with zero attached hydrogens (tertiary/aromatic N) is 5. The van der Waals surface area contributed by atoms with Gasteiger partial charge in [0, 0.05) is 57.5 Å². The Morgan fingerprint density at radius 1 is 1.15 bits per heavy atom. The average Bonchev–Trinajstić information content (AvgIpc) is 3.60. The number of methoxy groups -OCH3 is 1. The molecule has 0 bridgehead atoms. The molecule has 0 aliphatic carbocycles. The SMILES string of the molecule is COCCN1CC(NC(=O)Nc2c(Cl)c(-c3cnn(C)c3)nn2-c2ccccc2)C(c2cc(F)cc(F)c2)C1. The fourth-order valence-corrected chi connectivity index (χ4v) is 5.14. The second-order valence-corrected chi connectivity index (χ2v) is 9.81. The minimum absolute atomic E-state index is 0.249. The molecular formula is C27H28ClF2N7O2. The maximum Gasteiger partial charge on any atom is 0.320 e. The third kappa shape index (κ3) is 5.95. The number of carbonyl (C=O) groups is 1. The summed E-state index contributed by atoms with van der Waals surface area (Å²) in [5.74, 6) is -1.38. The zero-order chi connectivity index (χ0) is 27.5. The molecule has 2 N–H and O–H groups in total. The molecule has 2 amide bonds. The largest absolute Gasteiger partial charge is 0.383 e. The number of rotatable bonds is 8. The van der Waals surface area contributed by atoms with Crippen LogP contribution in [0.1, 0.15) is 11.5 Å². The number of halogens is 3. The van der Waals surface area contributed by atoms with Gasteiger partial charge in [-0.3, -0.25) is 14.9 Å². The van der Waals surface area contributed by atoms with Gasteiger partial charge < -0.3 is 10.1 Å². The van der Waals surface area contributed by atoms with Crippen LogP contribution >= 0.6 is 11.6 Å². The second-order valence-electron chi connectivity index (χ2n) is 9.43. The minimum Gasteiger partial charge on any atom is -0.383 e. The smallest absolute Gasteiger partial charge is 0.320 e. The van der Waals surface area contributed by atoms with E-state index in [1.165, 1.54) is 12.1 Å². The van der Waals surface area contributed by atoms with E-state index in [9.17, 15) is 13.6 Å². The van der Waals surface area contributed by atoms with E-state index < -0.39 is 23.7 Å². The molecule has 1 saturated heterocycles. The van der Waals surface area contributed by atoms with Crippen molar-refractivity contribution < 1.29 is 18.3 Å². The number of hydrogen-bond donors (Lipinski definition) is 2. The molecule has 2 unspecified atom stereocenters. The van der Waals surface area contributed by atoms with Crippen LogP contribution < -0.4 is 10.6 Å². The number of carbonyl (C=O) groups excluding carboxylic acids is 1. The summed E-state index contributed by atoms with van der Waals surface area (Å²) < 4.78 is 36.5. The third-order valence-corrected chi connectivity index (χ3v) is 7.03. The van der Waals surface area contributed by atoms with E-state index in [4.69, 9.17) is 16.3 Å². The molecule has 0 spiro atoms. The molecule has 5 rings (SSSR count). The van der Waals surface area contributed by atoms with Crippen molar-refractivity contribution in [3.8, 4) is 16.9 Å². The Balaban J connectivity index is 1.42. The maximum atomic E-state index is 14.0. The number of amides is 2. The minimum atomic E-state index is -0.662. The summed E-state index contributed by atoms with van der Waals surface area (Å²) in [5, 5.41) is 14.9. The molecule has 12 heteroatoms. The molecule has 4 aromatic rings. The lowest BCUT2D eigenvalue weighted by atomic mass is 9.94. The number of likely N-dealkylation sites (tertiary alicyclic amines) is 1. The summed E-state index contributed by atoms with van der Waals surface area (Å²) in [6.45, 7) is 2.09. The third-order valence-electron chi connectivity index (χ3n) is 6.68. The second kappa shape index (κ2) is 11.5. The van der Waals surface area contributed by atoms with Crippen LogP contribution in [0.3, 0.4) is 0 Å². The molecule has 1 aliphatic rings. The van der Waals surface area contributed by atoms with Gasteiger partial charge in [0.05, 0.1) is 24.5 Å². The monoisotopic (exact) mass is 555 g/mol. The molecule has 2 aromatic heterocycles. The summed E-state index contributed by atoms with van der Waals surface area (Å²) in [7, 11) is 3.40. The number of aryl methyl sites for hydroxylation is 1. The van der Waals surface area contributed by atoms with Gasteiger partial charge >= 0.3 is 6.03 Å². The average molecular weight is 556 g/mol. The van der Waals surface area contributed by atoms with Crippen LogP contribution in [0.5, 0.6) is 0 Å². The first-order valence-electron chi connectivity index (χ1n) is 12.4. The quantitative estimate of drug-likeness (QED) is 0.335. The van der Waals surface area contributed by atoms with Crippen LogP contribution in [0, 0.1) is 11.6 Å². The first-order chi connectivity index (χ1) is 18.8. The van der Waals surface area contributed by atoms with Crippen LogP contribution in [0.4, 0.5) is 19.4 Å². The van der Waals surface area contributed by atoms with Gasteiger partial charge in [-0.05, 0) is 29.8 Å². The van der Waals surface area contributed by atoms with Crippen molar-refractivity contribution in [3.05, 3.63) is 83.1 Å². The van der Waals surface area contributed by atoms with E-state index in [0.29, 0.717) is 48.7 Å². The fraction of sp³-hybridized carbons (Fsp3) is 0.296. The van der Waals surface area contributed by atoms with Crippen LogP contribution in [0.25, 0.3) is 16.9 Å². The molecule has 9 nitrogen and oxygen atoms in total. The van der Waals surface area contributed by atoms with E-state index in [-0.39, 0.29) is 16.8 Å². The summed E-state index contributed by atoms with van der Waals surface area (Å²) in [6.07, 6.45) is 3.42. The van der Waals surface area contributed by atoms with Gasteiger partial charge in [0.1, 0.15) is 22.4 Å². The highest BCUT2D eigenvalue weighted by molar-refractivity contribution is 6.36. The Morgan fingerprint density at radius 2 is 1.90 bits per heavy atom. The molecule has 0 radical (unpaired) electrons. The number of urea groups is 1. The maximum absolute atomic E-state index is 14.0. The topological polar surface area (TPSA) is 89.2 Å². The number of nitrogens with one attached hydrogen (secondary N) is 2. The molecule has 2 aromatic carbocycles. The van der Waals surface area contributed by atoms with E-state index in [1.54, 1.807) is 35.9 Å². The van der Waals surface area contributed by atoms with Gasteiger partial charge in [0.25, 0.3) is 0 Å². The predicted molar refractivity (Wildman–Crippen MR) is 144 cm³/mol. The Hall–Kier alpha value is -3.80. The first-order valence-corrected chi connectivity index (χ1v) is 12.8. The Kier molecular flexibility index (Phi) is 7.92. The Bertz CT molecular complexity index is 1440. The van der Waals surface area contributed by atoms with Crippen molar-refractivity contribution in [1.82, 2.24) is 29.8 Å². The molecule has 39 heavy (non-hydrogen) atoms. The Morgan fingerprint density at radius 3 is 2.56 bits per heavy atom. The number of ether oxygens (including phenoxy) is 1. The van der Waals surface area contributed by atoms with Crippen molar-refractivity contribution in [2.75, 3.05) is 38.7 Å². The van der Waals surface area contributed by atoms with Gasteiger partial charge in [-0.1, -0.05) is 29.8 Å². The molecular weight excluding hydrogens is 528 g/mol. The predicted octanol–water partition coefficient (Wildman–Crippen LogP) is 4.44. The van der Waals surface area contributed by atoms with Crippen molar-refractivity contribution in [2.45, 2.75) is 12.0 Å². The van der Waals surface area contributed by atoms with Crippen LogP contribution in [-0.2, 0) is 11.8 Å². The number of anilines is 1. The highest BCUT2D eigenvalue weighted by atomic mass is 35.5. The first kappa shape index (κ1) is 26.8. The molecule has 1 aliphatic heterocycles. The van der Waals surface area contributed by atoms with Gasteiger partial charge in [0.15, 0.2) is 5.82 Å². The van der Waals surface area contributed by atoms with Gasteiger partial charge in [-0.25, -0.2) is 18.3 Å². The standard InChI is InChI=1S/C27H28ClF2N7O2/c1-35-14-18(13-31-35)25-24(28)26(37(34-25)21-6-4-3-5-7-21)33-27(38)32-23-16-36(8-9-39-2)15-22(23)17-10-19(29)12-20(30)11-17/h3-7,10-14,22-23H,8-9,15-16H2,1-2H3,(H2,32,33,38). The summed E-state index contributed by atoms with van der Waals surface area (Å²) >= 11 is 6.76. The lowest BCUT2D eigenvalue weighted by molar-refractivity contribution is 0.159. The van der Waals surface area contributed by atoms with Crippen LogP contribution in [-0.4, -0.2) is 69.9 Å². The van der Waals surface area contributed by atoms with Crippen LogP contribution in [0.15, 0.2) is 60.9 Å². The summed E-state index contributed by atoms with van der Waals surface area (Å²) in [5.41, 5.74) is 2.33. The number of hydrogen-bond acceptors (Lipinski definition) is 5. The molecule has 1 fully saturated rings. The van der Waals surface area contributed by atoms with E-state index in [1.807, 2.05) is 30.3 Å². The van der Waals surface area contributed by atoms with Gasteiger partial charge in [-0.15, -0.1) is 0 Å². The Labute approximate surface area is 229 Å². The van der Waals surface area contributed by atoms with Gasteiger partial charge in [0.2, 0.25) is 0 Å². The molecule has 204 valence electrons. The van der Waals surface area contributed by atoms with E-state index in [0.717, 1.165) is 6.07 Å². The zero-order valence-corrected chi connectivity index (χ0v) is 22.2. The molecule has 0 saturated carbocycles. The van der Waals surface area contributed by atoms with E-state index in [2.05, 4.69) is 25.7 Å². The zero-order valence-electron chi connectivity index (χ0n) is 21.4. The molecule has 2 atom stereocenters. The number of aromatic nitrogens is 4. The lowest BCUT2D eigenvalue weighted by Crippen LogP contribution is -2.42. The van der Waals surface area contributed by atoms with Gasteiger partial charge in [-0.2, -0.15) is 10.2 Å². The highest BCUT2D eigenvalue weighted by Gasteiger charge is 2.35. The van der Waals surface area contributed by atoms with Crippen LogP contribution in [0.2, 0.25) is 5.02 Å². The van der Waals surface area contributed by atoms with Crippen molar-refractivity contribution >= 4 is 23.4 Å².